The van der Waals surface area contributed by atoms with Gasteiger partial charge in [-0.2, -0.15) is 0 Å². The number of guanidine groups is 1. The third kappa shape index (κ3) is 4.86. The fraction of sp³-hybridized carbons (Fsp3) is 0.200. The van der Waals surface area contributed by atoms with Gasteiger partial charge in [0.05, 0.1) is 12.2 Å². The SMILES string of the molecule is CN=C(NCCc1ccccc1Cl)NCc1coc(-c2ccccc2)n1. The molecule has 0 fully saturated rings. The van der Waals surface area contributed by atoms with Gasteiger partial charge in [-0.05, 0) is 30.2 Å². The first-order valence-electron chi connectivity index (χ1n) is 8.44. The van der Waals surface area contributed by atoms with E-state index in [4.69, 9.17) is 16.0 Å². The van der Waals surface area contributed by atoms with Crippen LogP contribution in [0, 0.1) is 0 Å². The van der Waals surface area contributed by atoms with Crippen molar-refractivity contribution in [2.24, 2.45) is 4.99 Å². The van der Waals surface area contributed by atoms with E-state index in [1.807, 2.05) is 54.6 Å². The van der Waals surface area contributed by atoms with E-state index in [0.29, 0.717) is 18.4 Å². The molecule has 0 radical (unpaired) electrons. The number of nitrogens with one attached hydrogen (secondary N) is 2. The largest absolute Gasteiger partial charge is 0.444 e. The van der Waals surface area contributed by atoms with Gasteiger partial charge in [0.1, 0.15) is 6.26 Å². The van der Waals surface area contributed by atoms with Crippen molar-refractivity contribution < 1.29 is 4.42 Å². The van der Waals surface area contributed by atoms with Crippen molar-refractivity contribution in [3.05, 3.63) is 77.1 Å². The van der Waals surface area contributed by atoms with E-state index >= 15 is 0 Å². The maximum atomic E-state index is 6.18. The number of aliphatic imine (C=N–C) groups is 1. The van der Waals surface area contributed by atoms with Crippen molar-refractivity contribution in [2.75, 3.05) is 13.6 Å². The molecule has 3 aromatic rings. The Morgan fingerprint density at radius 3 is 2.62 bits per heavy atom. The molecule has 0 spiro atoms. The molecule has 0 atom stereocenters. The van der Waals surface area contributed by atoms with Gasteiger partial charge in [0.2, 0.25) is 5.89 Å². The average molecular weight is 369 g/mol. The number of oxazole rings is 1. The first kappa shape index (κ1) is 18.0. The van der Waals surface area contributed by atoms with Gasteiger partial charge < -0.3 is 15.1 Å². The second-order valence-corrected chi connectivity index (χ2v) is 6.11. The molecule has 0 saturated carbocycles. The van der Waals surface area contributed by atoms with E-state index < -0.39 is 0 Å². The molecular weight excluding hydrogens is 348 g/mol. The molecule has 0 unspecified atom stereocenters. The lowest BCUT2D eigenvalue weighted by atomic mass is 10.1. The predicted octanol–water partition coefficient (Wildman–Crippen LogP) is 3.90. The molecule has 26 heavy (non-hydrogen) atoms. The lowest BCUT2D eigenvalue weighted by Gasteiger charge is -2.11. The van der Waals surface area contributed by atoms with Gasteiger partial charge in [-0.3, -0.25) is 4.99 Å². The number of halogens is 1. The Labute approximate surface area is 158 Å². The predicted molar refractivity (Wildman–Crippen MR) is 105 cm³/mol. The smallest absolute Gasteiger partial charge is 0.226 e. The van der Waals surface area contributed by atoms with Crippen molar-refractivity contribution >= 4 is 17.6 Å². The minimum Gasteiger partial charge on any atom is -0.444 e. The van der Waals surface area contributed by atoms with Crippen LogP contribution in [0.5, 0.6) is 0 Å². The van der Waals surface area contributed by atoms with Crippen LogP contribution < -0.4 is 10.6 Å². The minimum absolute atomic E-state index is 0.530. The molecule has 3 rings (SSSR count). The molecule has 0 aliphatic carbocycles. The Morgan fingerprint density at radius 1 is 1.08 bits per heavy atom. The standard InChI is InChI=1S/C20H21ClN4O/c1-22-20(23-12-11-15-7-5-6-10-18(15)21)24-13-17-14-26-19(25-17)16-8-3-2-4-9-16/h2-10,14H,11-13H2,1H3,(H2,22,23,24). The number of hydrogen-bond donors (Lipinski definition) is 2. The quantitative estimate of drug-likeness (QED) is 0.511. The van der Waals surface area contributed by atoms with Crippen LogP contribution in [0.3, 0.4) is 0 Å². The summed E-state index contributed by atoms with van der Waals surface area (Å²) in [4.78, 5) is 8.72. The summed E-state index contributed by atoms with van der Waals surface area (Å²) in [7, 11) is 1.74. The van der Waals surface area contributed by atoms with Gasteiger partial charge in [0, 0.05) is 24.2 Å². The zero-order valence-electron chi connectivity index (χ0n) is 14.6. The normalized spacial score (nSPS) is 11.4. The first-order valence-corrected chi connectivity index (χ1v) is 8.82. The van der Waals surface area contributed by atoms with E-state index in [9.17, 15) is 0 Å². The second-order valence-electron chi connectivity index (χ2n) is 5.70. The zero-order chi connectivity index (χ0) is 18.2. The summed E-state index contributed by atoms with van der Waals surface area (Å²) < 4.78 is 5.54. The molecule has 0 amide bonds. The number of benzene rings is 2. The monoisotopic (exact) mass is 368 g/mol. The summed E-state index contributed by atoms with van der Waals surface area (Å²) in [5.74, 6) is 1.32. The number of nitrogens with zero attached hydrogens (tertiary/aromatic N) is 2. The topological polar surface area (TPSA) is 62.5 Å². The summed E-state index contributed by atoms with van der Waals surface area (Å²) in [5, 5.41) is 7.30. The zero-order valence-corrected chi connectivity index (χ0v) is 15.3. The van der Waals surface area contributed by atoms with Gasteiger partial charge in [-0.15, -0.1) is 0 Å². The van der Waals surface area contributed by atoms with E-state index in [-0.39, 0.29) is 0 Å². The molecule has 1 heterocycles. The fourth-order valence-corrected chi connectivity index (χ4v) is 2.74. The Bertz CT molecular complexity index is 861. The third-order valence-corrected chi connectivity index (χ3v) is 4.25. The third-order valence-electron chi connectivity index (χ3n) is 3.88. The van der Waals surface area contributed by atoms with Crippen LogP contribution in [0.2, 0.25) is 5.02 Å². The van der Waals surface area contributed by atoms with Crippen LogP contribution >= 0.6 is 11.6 Å². The molecule has 0 saturated heterocycles. The van der Waals surface area contributed by atoms with Crippen molar-refractivity contribution in [3.63, 3.8) is 0 Å². The van der Waals surface area contributed by atoms with Gasteiger partial charge in [0.25, 0.3) is 0 Å². The Balaban J connectivity index is 1.49. The number of aromatic nitrogens is 1. The van der Waals surface area contributed by atoms with E-state index in [1.54, 1.807) is 13.3 Å². The summed E-state index contributed by atoms with van der Waals surface area (Å²) in [5.41, 5.74) is 2.89. The summed E-state index contributed by atoms with van der Waals surface area (Å²) >= 11 is 6.18. The Hall–Kier alpha value is -2.79. The molecule has 0 aliphatic heterocycles. The van der Waals surface area contributed by atoms with Crippen LogP contribution in [0.25, 0.3) is 11.5 Å². The highest BCUT2D eigenvalue weighted by atomic mass is 35.5. The van der Waals surface area contributed by atoms with Crippen molar-refractivity contribution in [3.8, 4) is 11.5 Å². The lowest BCUT2D eigenvalue weighted by Crippen LogP contribution is -2.37. The van der Waals surface area contributed by atoms with Crippen LogP contribution in [0.4, 0.5) is 0 Å². The highest BCUT2D eigenvalue weighted by Crippen LogP contribution is 2.17. The molecule has 2 N–H and O–H groups in total. The first-order chi connectivity index (χ1) is 12.8. The van der Waals surface area contributed by atoms with Crippen LogP contribution in [-0.2, 0) is 13.0 Å². The van der Waals surface area contributed by atoms with E-state index in [2.05, 4.69) is 20.6 Å². The molecule has 6 heteroatoms. The van der Waals surface area contributed by atoms with Gasteiger partial charge in [-0.1, -0.05) is 48.0 Å². The lowest BCUT2D eigenvalue weighted by molar-refractivity contribution is 0.572. The molecule has 1 aromatic heterocycles. The average Bonchev–Trinajstić information content (AvgIpc) is 3.16. The minimum atomic E-state index is 0.530. The van der Waals surface area contributed by atoms with E-state index in [0.717, 1.165) is 34.8 Å². The van der Waals surface area contributed by atoms with Crippen molar-refractivity contribution in [1.82, 2.24) is 15.6 Å². The summed E-state index contributed by atoms with van der Waals surface area (Å²) in [6, 6.07) is 17.7. The molecule has 2 aromatic carbocycles. The van der Waals surface area contributed by atoms with Crippen LogP contribution in [0.1, 0.15) is 11.3 Å². The molecule has 0 aliphatic rings. The summed E-state index contributed by atoms with van der Waals surface area (Å²) in [6.45, 7) is 1.26. The number of rotatable bonds is 6. The van der Waals surface area contributed by atoms with Gasteiger partial charge in [0.15, 0.2) is 5.96 Å². The molecule has 5 nitrogen and oxygen atoms in total. The molecular formula is C20H21ClN4O. The number of hydrogen-bond acceptors (Lipinski definition) is 3. The van der Waals surface area contributed by atoms with Crippen molar-refractivity contribution in [2.45, 2.75) is 13.0 Å². The highest BCUT2D eigenvalue weighted by molar-refractivity contribution is 6.31. The second kappa shape index (κ2) is 9.06. The fourth-order valence-electron chi connectivity index (χ4n) is 2.51. The van der Waals surface area contributed by atoms with Crippen molar-refractivity contribution in [1.29, 1.82) is 0 Å². The Morgan fingerprint density at radius 2 is 1.85 bits per heavy atom. The van der Waals surface area contributed by atoms with E-state index in [1.165, 1.54) is 0 Å². The maximum Gasteiger partial charge on any atom is 0.226 e. The van der Waals surface area contributed by atoms with Gasteiger partial charge >= 0.3 is 0 Å². The highest BCUT2D eigenvalue weighted by Gasteiger charge is 2.07. The Kier molecular flexibility index (Phi) is 6.28. The van der Waals surface area contributed by atoms with Crippen LogP contribution in [-0.4, -0.2) is 24.5 Å². The maximum absolute atomic E-state index is 6.18. The molecule has 0 bridgehead atoms. The van der Waals surface area contributed by atoms with Gasteiger partial charge in [-0.25, -0.2) is 4.98 Å². The molecule has 134 valence electrons. The summed E-state index contributed by atoms with van der Waals surface area (Å²) in [6.07, 6.45) is 2.48. The van der Waals surface area contributed by atoms with Crippen LogP contribution in [0.15, 0.2) is 70.3 Å².